The lowest BCUT2D eigenvalue weighted by Gasteiger charge is -2.27. The summed E-state index contributed by atoms with van der Waals surface area (Å²) < 4.78 is 19.4. The van der Waals surface area contributed by atoms with Crippen LogP contribution in [0.15, 0.2) is 24.3 Å². The number of ether oxygens (including phenoxy) is 1. The number of nitrogens with one attached hydrogen (secondary N) is 4. The first-order valence-electron chi connectivity index (χ1n) is 8.59. The fourth-order valence-corrected chi connectivity index (χ4v) is 3.29. The molecular formula is C17H25FN4O2. The van der Waals surface area contributed by atoms with Gasteiger partial charge in [-0.1, -0.05) is 19.1 Å². The number of para-hydroxylation sites is 1. The zero-order valence-corrected chi connectivity index (χ0v) is 13.8. The van der Waals surface area contributed by atoms with Gasteiger partial charge < -0.3 is 15.4 Å². The number of benzene rings is 1. The van der Waals surface area contributed by atoms with Crippen molar-refractivity contribution in [3.8, 4) is 5.75 Å². The van der Waals surface area contributed by atoms with Crippen LogP contribution < -0.4 is 26.2 Å². The number of carbonyl (C=O) groups is 1. The van der Waals surface area contributed by atoms with Gasteiger partial charge in [-0.25, -0.2) is 9.82 Å². The Balaban J connectivity index is 1.52. The van der Waals surface area contributed by atoms with Gasteiger partial charge >= 0.3 is 0 Å². The monoisotopic (exact) mass is 336 g/mol. The highest BCUT2D eigenvalue weighted by atomic mass is 19.1. The Morgan fingerprint density at radius 2 is 2.25 bits per heavy atom. The molecule has 4 unspecified atom stereocenters. The number of hydrazine groups is 1. The first kappa shape index (κ1) is 17.1. The predicted molar refractivity (Wildman–Crippen MR) is 88.9 cm³/mol. The Kier molecular flexibility index (Phi) is 5.65. The van der Waals surface area contributed by atoms with Crippen molar-refractivity contribution in [2.45, 2.75) is 38.0 Å². The number of hydrogen-bond acceptors (Lipinski definition) is 5. The van der Waals surface area contributed by atoms with E-state index >= 15 is 0 Å². The second kappa shape index (κ2) is 7.92. The van der Waals surface area contributed by atoms with Crippen molar-refractivity contribution in [3.05, 3.63) is 30.1 Å². The van der Waals surface area contributed by atoms with Gasteiger partial charge in [-0.05, 0) is 31.5 Å². The molecule has 1 aromatic carbocycles. The van der Waals surface area contributed by atoms with Crippen LogP contribution in [0.3, 0.4) is 0 Å². The van der Waals surface area contributed by atoms with Gasteiger partial charge in [0.2, 0.25) is 5.91 Å². The number of piperidine rings is 1. The van der Waals surface area contributed by atoms with Crippen LogP contribution in [0.25, 0.3) is 0 Å². The Labute approximate surface area is 141 Å². The minimum Gasteiger partial charge on any atom is -0.486 e. The second-order valence-electron chi connectivity index (χ2n) is 6.35. The van der Waals surface area contributed by atoms with Crippen LogP contribution in [0, 0.1) is 11.7 Å². The average molecular weight is 336 g/mol. The molecule has 4 atom stereocenters. The molecule has 2 heterocycles. The summed E-state index contributed by atoms with van der Waals surface area (Å²) >= 11 is 0. The Bertz CT molecular complexity index is 571. The maximum absolute atomic E-state index is 13.7. The standard InChI is InChI=1S/C17H25FN4O2/c1-2-11(24-15-6-4-3-5-13(15)18)9-20-17(23)16-12-10-19-8-7-14(12)21-22-16/h3-6,11-12,14,16,19,21-22H,2,7-10H2,1H3,(H,20,23). The summed E-state index contributed by atoms with van der Waals surface area (Å²) in [4.78, 5) is 12.5. The normalized spacial score (nSPS) is 27.3. The molecule has 1 amide bonds. The fraction of sp³-hybridized carbons (Fsp3) is 0.588. The van der Waals surface area contributed by atoms with Crippen molar-refractivity contribution < 1.29 is 13.9 Å². The lowest BCUT2D eigenvalue weighted by molar-refractivity contribution is -0.124. The number of carbonyl (C=O) groups excluding carboxylic acids is 1. The number of rotatable bonds is 6. The Hall–Kier alpha value is -1.70. The van der Waals surface area contributed by atoms with Crippen LogP contribution in [0.2, 0.25) is 0 Å². The molecule has 24 heavy (non-hydrogen) atoms. The van der Waals surface area contributed by atoms with Crippen molar-refractivity contribution in [3.63, 3.8) is 0 Å². The molecule has 132 valence electrons. The maximum atomic E-state index is 13.7. The van der Waals surface area contributed by atoms with Gasteiger partial charge in [0.1, 0.15) is 12.1 Å². The van der Waals surface area contributed by atoms with E-state index in [1.165, 1.54) is 6.07 Å². The summed E-state index contributed by atoms with van der Waals surface area (Å²) in [5.41, 5.74) is 6.30. The smallest absolute Gasteiger partial charge is 0.239 e. The van der Waals surface area contributed by atoms with Gasteiger partial charge in [-0.3, -0.25) is 10.2 Å². The van der Waals surface area contributed by atoms with E-state index in [0.717, 1.165) is 19.5 Å². The molecule has 2 fully saturated rings. The topological polar surface area (TPSA) is 74.4 Å². The summed E-state index contributed by atoms with van der Waals surface area (Å²) in [7, 11) is 0. The highest BCUT2D eigenvalue weighted by Gasteiger charge is 2.41. The molecule has 0 saturated carbocycles. The summed E-state index contributed by atoms with van der Waals surface area (Å²) in [5, 5.41) is 6.26. The van der Waals surface area contributed by atoms with Gasteiger partial charge in [-0.15, -0.1) is 0 Å². The summed E-state index contributed by atoms with van der Waals surface area (Å²) in [6.45, 7) is 4.10. The number of fused-ring (bicyclic) bond motifs is 1. The van der Waals surface area contributed by atoms with Crippen LogP contribution >= 0.6 is 0 Å². The van der Waals surface area contributed by atoms with Gasteiger partial charge in [-0.2, -0.15) is 0 Å². The minimum absolute atomic E-state index is 0.0470. The number of hydrogen-bond donors (Lipinski definition) is 4. The molecule has 0 aromatic heterocycles. The van der Waals surface area contributed by atoms with E-state index in [4.69, 9.17) is 4.74 Å². The zero-order valence-electron chi connectivity index (χ0n) is 13.8. The van der Waals surface area contributed by atoms with Crippen molar-refractivity contribution in [2.24, 2.45) is 5.92 Å². The molecule has 4 N–H and O–H groups in total. The second-order valence-corrected chi connectivity index (χ2v) is 6.35. The quantitative estimate of drug-likeness (QED) is 0.611. The highest BCUT2D eigenvalue weighted by Crippen LogP contribution is 2.20. The van der Waals surface area contributed by atoms with Crippen LogP contribution in [0.1, 0.15) is 19.8 Å². The summed E-state index contributed by atoms with van der Waals surface area (Å²) in [6, 6.07) is 6.39. The molecule has 7 heteroatoms. The first-order chi connectivity index (χ1) is 11.7. The van der Waals surface area contributed by atoms with Crippen LogP contribution in [0.4, 0.5) is 4.39 Å². The summed E-state index contributed by atoms with van der Waals surface area (Å²) in [5.74, 6) is 0.0245. The van der Waals surface area contributed by atoms with E-state index < -0.39 is 0 Å². The average Bonchev–Trinajstić information content (AvgIpc) is 3.04. The molecule has 6 nitrogen and oxygen atoms in total. The third-order valence-electron chi connectivity index (χ3n) is 4.75. The van der Waals surface area contributed by atoms with E-state index in [-0.39, 0.29) is 35.5 Å². The van der Waals surface area contributed by atoms with Crippen molar-refractivity contribution in [2.75, 3.05) is 19.6 Å². The van der Waals surface area contributed by atoms with E-state index in [1.807, 2.05) is 6.92 Å². The molecule has 0 aliphatic carbocycles. The van der Waals surface area contributed by atoms with Gasteiger partial charge in [0, 0.05) is 18.5 Å². The van der Waals surface area contributed by atoms with Crippen LogP contribution in [0.5, 0.6) is 5.75 Å². The molecule has 2 aliphatic rings. The van der Waals surface area contributed by atoms with Gasteiger partial charge in [0.05, 0.1) is 6.54 Å². The van der Waals surface area contributed by atoms with E-state index in [0.29, 0.717) is 19.0 Å². The van der Waals surface area contributed by atoms with Crippen LogP contribution in [-0.4, -0.2) is 43.7 Å². The Morgan fingerprint density at radius 3 is 3.04 bits per heavy atom. The lowest BCUT2D eigenvalue weighted by Crippen LogP contribution is -2.50. The van der Waals surface area contributed by atoms with E-state index in [2.05, 4.69) is 21.5 Å². The third kappa shape index (κ3) is 3.85. The molecule has 1 aromatic rings. The molecule has 2 saturated heterocycles. The first-order valence-corrected chi connectivity index (χ1v) is 8.59. The molecule has 0 bridgehead atoms. The molecule has 0 radical (unpaired) electrons. The molecule has 3 rings (SSSR count). The SMILES string of the molecule is CCC(CNC(=O)C1NNC2CCNCC21)Oc1ccccc1F. The van der Waals surface area contributed by atoms with Gasteiger partial charge in [0.25, 0.3) is 0 Å². The number of halogens is 1. The van der Waals surface area contributed by atoms with Crippen LogP contribution in [-0.2, 0) is 4.79 Å². The summed E-state index contributed by atoms with van der Waals surface area (Å²) in [6.07, 6.45) is 1.43. The van der Waals surface area contributed by atoms with Crippen molar-refractivity contribution in [1.29, 1.82) is 0 Å². The molecular weight excluding hydrogens is 311 g/mol. The molecule has 0 spiro atoms. The van der Waals surface area contributed by atoms with E-state index in [9.17, 15) is 9.18 Å². The molecule has 2 aliphatic heterocycles. The zero-order chi connectivity index (χ0) is 16.9. The van der Waals surface area contributed by atoms with Crippen molar-refractivity contribution >= 4 is 5.91 Å². The predicted octanol–water partition coefficient (Wildman–Crippen LogP) is 0.554. The maximum Gasteiger partial charge on any atom is 0.239 e. The lowest BCUT2D eigenvalue weighted by atomic mass is 9.89. The van der Waals surface area contributed by atoms with E-state index in [1.54, 1.807) is 18.2 Å². The fourth-order valence-electron chi connectivity index (χ4n) is 3.29. The highest BCUT2D eigenvalue weighted by molar-refractivity contribution is 5.82. The Morgan fingerprint density at radius 1 is 1.42 bits per heavy atom. The van der Waals surface area contributed by atoms with Crippen molar-refractivity contribution in [1.82, 2.24) is 21.5 Å². The largest absolute Gasteiger partial charge is 0.486 e. The number of amides is 1. The van der Waals surface area contributed by atoms with Gasteiger partial charge in [0.15, 0.2) is 11.6 Å². The third-order valence-corrected chi connectivity index (χ3v) is 4.75. The minimum atomic E-state index is -0.389.